The number of rotatable bonds is 5. The Morgan fingerprint density at radius 2 is 2.28 bits per heavy atom. The van der Waals surface area contributed by atoms with Gasteiger partial charge in [0.15, 0.2) is 0 Å². The topological polar surface area (TPSA) is 110 Å². The summed E-state index contributed by atoms with van der Waals surface area (Å²) in [4.78, 5) is 4.03. The van der Waals surface area contributed by atoms with E-state index in [1.165, 1.54) is 4.68 Å². The molecule has 0 radical (unpaired) electrons. The van der Waals surface area contributed by atoms with Gasteiger partial charge in [0, 0.05) is 24.5 Å². The second kappa shape index (κ2) is 5.67. The molecule has 2 rings (SSSR count). The van der Waals surface area contributed by atoms with Crippen LogP contribution in [0.2, 0.25) is 0 Å². The molecule has 2 heterocycles. The van der Waals surface area contributed by atoms with E-state index in [1.54, 1.807) is 18.5 Å². The van der Waals surface area contributed by atoms with E-state index in [1.807, 2.05) is 6.07 Å². The summed E-state index contributed by atoms with van der Waals surface area (Å²) in [5.74, 6) is 0. The highest BCUT2D eigenvalue weighted by molar-refractivity contribution is 5.60. The molecule has 0 spiro atoms. The summed E-state index contributed by atoms with van der Waals surface area (Å²) in [5.41, 5.74) is 7.80. The highest BCUT2D eigenvalue weighted by Gasteiger charge is 2.16. The smallest absolute Gasteiger partial charge is 0.104 e. The number of nitrogens with two attached hydrogens (primary N) is 1. The minimum absolute atomic E-state index is 0.160. The van der Waals surface area contributed by atoms with Gasteiger partial charge in [0.1, 0.15) is 5.69 Å². The first-order valence-corrected chi connectivity index (χ1v) is 5.58. The Bertz CT molecular complexity index is 499. The molecule has 1 atom stereocenters. The van der Waals surface area contributed by atoms with Crippen LogP contribution in [0.4, 0.5) is 0 Å². The van der Waals surface area contributed by atoms with Gasteiger partial charge in [-0.2, -0.15) is 0 Å². The Hall–Kier alpha value is -1.83. The fourth-order valence-electron chi connectivity index (χ4n) is 1.69. The van der Waals surface area contributed by atoms with Crippen molar-refractivity contribution in [2.24, 2.45) is 5.73 Å². The summed E-state index contributed by atoms with van der Waals surface area (Å²) in [6.45, 7) is 0.0808. The molecule has 0 aliphatic carbocycles. The number of pyridine rings is 1. The van der Waals surface area contributed by atoms with Crippen molar-refractivity contribution < 1.29 is 10.2 Å². The molecule has 0 aliphatic rings. The Morgan fingerprint density at radius 1 is 1.44 bits per heavy atom. The molecule has 2 aromatic rings. The highest BCUT2D eigenvalue weighted by atomic mass is 16.3. The number of aliphatic hydroxyl groups excluding tert-OH is 2. The largest absolute Gasteiger partial charge is 0.394 e. The fourth-order valence-corrected chi connectivity index (χ4v) is 1.69. The minimum atomic E-state index is -0.882. The number of hydrogen-bond acceptors (Lipinski definition) is 6. The van der Waals surface area contributed by atoms with Crippen molar-refractivity contribution >= 4 is 0 Å². The molecular weight excluding hydrogens is 234 g/mol. The number of aromatic nitrogens is 4. The van der Waals surface area contributed by atoms with E-state index < -0.39 is 6.10 Å². The van der Waals surface area contributed by atoms with Crippen LogP contribution in [0.5, 0.6) is 0 Å². The summed E-state index contributed by atoms with van der Waals surface area (Å²) in [6.07, 6.45) is 2.47. The maximum atomic E-state index is 9.48. The van der Waals surface area contributed by atoms with Gasteiger partial charge in [-0.25, -0.2) is 4.68 Å². The lowest BCUT2D eigenvalue weighted by molar-refractivity contribution is 0.0782. The lowest BCUT2D eigenvalue weighted by Gasteiger charge is -2.10. The van der Waals surface area contributed by atoms with Crippen LogP contribution in [0.3, 0.4) is 0 Å². The van der Waals surface area contributed by atoms with E-state index in [0.717, 1.165) is 11.3 Å². The molecule has 0 aromatic carbocycles. The number of nitrogens with zero attached hydrogens (tertiary/aromatic N) is 4. The van der Waals surface area contributed by atoms with Crippen molar-refractivity contribution in [2.45, 2.75) is 19.2 Å². The summed E-state index contributed by atoms with van der Waals surface area (Å²) in [6, 6.07) is 3.67. The average molecular weight is 249 g/mol. The average Bonchev–Trinajstić information content (AvgIpc) is 2.82. The quantitative estimate of drug-likeness (QED) is 0.637. The maximum absolute atomic E-state index is 9.48. The maximum Gasteiger partial charge on any atom is 0.104 e. The van der Waals surface area contributed by atoms with Crippen LogP contribution in [0, 0.1) is 0 Å². The van der Waals surface area contributed by atoms with Crippen LogP contribution in [0.1, 0.15) is 5.69 Å². The molecule has 18 heavy (non-hydrogen) atoms. The van der Waals surface area contributed by atoms with Crippen molar-refractivity contribution in [1.82, 2.24) is 20.0 Å². The first-order chi connectivity index (χ1) is 8.76. The van der Waals surface area contributed by atoms with Crippen LogP contribution >= 0.6 is 0 Å². The van der Waals surface area contributed by atoms with Crippen molar-refractivity contribution in [3.05, 3.63) is 30.2 Å². The van der Waals surface area contributed by atoms with E-state index in [2.05, 4.69) is 15.3 Å². The zero-order chi connectivity index (χ0) is 13.0. The summed E-state index contributed by atoms with van der Waals surface area (Å²) >= 11 is 0. The molecule has 0 fully saturated rings. The first-order valence-electron chi connectivity index (χ1n) is 5.58. The predicted octanol–water partition coefficient (Wildman–Crippen LogP) is -0.848. The lowest BCUT2D eigenvalue weighted by atomic mass is 10.1. The second-order valence-electron chi connectivity index (χ2n) is 3.85. The third-order valence-electron chi connectivity index (χ3n) is 2.53. The monoisotopic (exact) mass is 249 g/mol. The summed E-state index contributed by atoms with van der Waals surface area (Å²) < 4.78 is 1.53. The molecule has 0 saturated carbocycles. The van der Waals surface area contributed by atoms with Gasteiger partial charge in [0.2, 0.25) is 0 Å². The van der Waals surface area contributed by atoms with E-state index in [4.69, 9.17) is 10.8 Å². The van der Waals surface area contributed by atoms with Gasteiger partial charge in [0.25, 0.3) is 0 Å². The predicted molar refractivity (Wildman–Crippen MR) is 64.2 cm³/mol. The number of aliphatic hydroxyl groups is 2. The van der Waals surface area contributed by atoms with Crippen molar-refractivity contribution in [1.29, 1.82) is 0 Å². The summed E-state index contributed by atoms with van der Waals surface area (Å²) in [7, 11) is 0. The van der Waals surface area contributed by atoms with Gasteiger partial charge in [-0.15, -0.1) is 5.10 Å². The SMILES string of the molecule is NCc1nnn(CC(O)CO)c1-c1cccnc1. The Balaban J connectivity index is 2.40. The Morgan fingerprint density at radius 3 is 2.89 bits per heavy atom. The molecule has 1 unspecified atom stereocenters. The molecule has 0 amide bonds. The Kier molecular flexibility index (Phi) is 3.98. The van der Waals surface area contributed by atoms with Crippen molar-refractivity contribution in [2.75, 3.05) is 6.61 Å². The molecule has 96 valence electrons. The molecule has 7 heteroatoms. The van der Waals surface area contributed by atoms with E-state index in [9.17, 15) is 5.11 Å². The van der Waals surface area contributed by atoms with E-state index >= 15 is 0 Å². The normalized spacial score (nSPS) is 12.6. The molecule has 0 aliphatic heterocycles. The molecular formula is C11H15N5O2. The van der Waals surface area contributed by atoms with Crippen molar-refractivity contribution in [3.8, 4) is 11.3 Å². The van der Waals surface area contributed by atoms with Gasteiger partial charge in [-0.05, 0) is 12.1 Å². The molecule has 4 N–H and O–H groups in total. The van der Waals surface area contributed by atoms with Gasteiger partial charge in [-0.3, -0.25) is 4.98 Å². The molecule has 2 aromatic heterocycles. The second-order valence-corrected chi connectivity index (χ2v) is 3.85. The standard InChI is InChI=1S/C11H15N5O2/c12-4-10-11(8-2-1-3-13-5-8)16(15-14-10)6-9(18)7-17/h1-3,5,9,17-18H,4,6-7,12H2. The molecule has 0 saturated heterocycles. The van der Waals surface area contributed by atoms with Crippen LogP contribution in [0.15, 0.2) is 24.5 Å². The number of hydrogen-bond donors (Lipinski definition) is 3. The van der Waals surface area contributed by atoms with Crippen LogP contribution in [-0.4, -0.2) is 42.9 Å². The summed E-state index contributed by atoms with van der Waals surface area (Å²) in [5, 5.41) is 26.3. The third-order valence-corrected chi connectivity index (χ3v) is 2.53. The van der Waals surface area contributed by atoms with E-state index in [-0.39, 0.29) is 19.7 Å². The molecule has 7 nitrogen and oxygen atoms in total. The third kappa shape index (κ3) is 2.53. The zero-order valence-electron chi connectivity index (χ0n) is 9.77. The van der Waals surface area contributed by atoms with Gasteiger partial charge < -0.3 is 15.9 Å². The molecule has 0 bridgehead atoms. The fraction of sp³-hybridized carbons (Fsp3) is 0.364. The van der Waals surface area contributed by atoms with Crippen molar-refractivity contribution in [3.63, 3.8) is 0 Å². The minimum Gasteiger partial charge on any atom is -0.394 e. The van der Waals surface area contributed by atoms with Crippen LogP contribution < -0.4 is 5.73 Å². The van der Waals surface area contributed by atoms with Crippen LogP contribution in [0.25, 0.3) is 11.3 Å². The van der Waals surface area contributed by atoms with Gasteiger partial charge >= 0.3 is 0 Å². The van der Waals surface area contributed by atoms with Gasteiger partial charge in [0.05, 0.1) is 24.9 Å². The lowest BCUT2D eigenvalue weighted by Crippen LogP contribution is -2.21. The van der Waals surface area contributed by atoms with E-state index in [0.29, 0.717) is 5.69 Å². The van der Waals surface area contributed by atoms with Gasteiger partial charge in [-0.1, -0.05) is 5.21 Å². The Labute approximate surface area is 104 Å². The zero-order valence-corrected chi connectivity index (χ0v) is 9.77. The van der Waals surface area contributed by atoms with Crippen LogP contribution in [-0.2, 0) is 13.1 Å². The highest BCUT2D eigenvalue weighted by Crippen LogP contribution is 2.21. The first kappa shape index (κ1) is 12.6.